The average Bonchev–Trinajstić information content (AvgIpc) is 2.74. The number of hydrogen-bond acceptors (Lipinski definition) is 3. The number of halogens is 1. The molecule has 0 saturated heterocycles. The van der Waals surface area contributed by atoms with Crippen LogP contribution in [-0.2, 0) is 0 Å². The van der Waals surface area contributed by atoms with E-state index in [-0.39, 0.29) is 5.57 Å². The topological polar surface area (TPSA) is 50.8 Å². The molecule has 0 bridgehead atoms. The Labute approximate surface area is 113 Å². The van der Waals surface area contributed by atoms with Gasteiger partial charge in [-0.25, -0.2) is 0 Å². The fourth-order valence-electron chi connectivity index (χ4n) is 1.84. The normalized spacial score (nSPS) is 16.4. The highest BCUT2D eigenvalue weighted by molar-refractivity contribution is 6.32. The van der Waals surface area contributed by atoms with Crippen LogP contribution in [0.1, 0.15) is 26.7 Å². The van der Waals surface area contributed by atoms with Crippen LogP contribution < -0.4 is 0 Å². The Kier molecular flexibility index (Phi) is 5.49. The third-order valence-electron chi connectivity index (χ3n) is 2.94. The van der Waals surface area contributed by atoms with Gasteiger partial charge in [0.25, 0.3) is 0 Å². The van der Waals surface area contributed by atoms with Gasteiger partial charge in [-0.3, -0.25) is 0 Å². The molecule has 0 aromatic rings. The van der Waals surface area contributed by atoms with Gasteiger partial charge < -0.3 is 4.90 Å². The van der Waals surface area contributed by atoms with E-state index in [1.165, 1.54) is 0 Å². The number of nitrogens with zero attached hydrogens (tertiary/aromatic N) is 3. The first-order chi connectivity index (χ1) is 8.65. The monoisotopic (exact) mass is 261 g/mol. The van der Waals surface area contributed by atoms with E-state index in [2.05, 4.69) is 24.9 Å². The summed E-state index contributed by atoms with van der Waals surface area (Å²) in [4.78, 5) is 2.18. The van der Waals surface area contributed by atoms with E-state index in [4.69, 9.17) is 22.1 Å². The number of nitriles is 2. The molecular formula is C14H16ClN3. The van der Waals surface area contributed by atoms with E-state index in [9.17, 15) is 0 Å². The van der Waals surface area contributed by atoms with E-state index >= 15 is 0 Å². The summed E-state index contributed by atoms with van der Waals surface area (Å²) in [5.41, 5.74) is 2.07. The molecule has 3 nitrogen and oxygen atoms in total. The van der Waals surface area contributed by atoms with Gasteiger partial charge in [0.05, 0.1) is 0 Å². The zero-order valence-electron chi connectivity index (χ0n) is 10.7. The van der Waals surface area contributed by atoms with Gasteiger partial charge in [0.2, 0.25) is 0 Å². The van der Waals surface area contributed by atoms with Crippen LogP contribution in [-0.4, -0.2) is 18.0 Å². The fraction of sp³-hybridized carbons (Fsp3) is 0.429. The minimum absolute atomic E-state index is 0.104. The Bertz CT molecular complexity index is 466. The fourth-order valence-corrected chi connectivity index (χ4v) is 2.13. The summed E-state index contributed by atoms with van der Waals surface area (Å²) in [6.45, 7) is 6.07. The van der Waals surface area contributed by atoms with Crippen molar-refractivity contribution in [3.05, 3.63) is 34.0 Å². The van der Waals surface area contributed by atoms with Crippen molar-refractivity contribution in [1.82, 2.24) is 4.90 Å². The highest BCUT2D eigenvalue weighted by atomic mass is 35.5. The van der Waals surface area contributed by atoms with Gasteiger partial charge in [0.1, 0.15) is 17.7 Å². The van der Waals surface area contributed by atoms with Crippen molar-refractivity contribution in [2.75, 3.05) is 13.1 Å². The van der Waals surface area contributed by atoms with Crippen LogP contribution in [0, 0.1) is 22.7 Å². The van der Waals surface area contributed by atoms with Gasteiger partial charge in [0.15, 0.2) is 0 Å². The minimum atomic E-state index is 0.104. The summed E-state index contributed by atoms with van der Waals surface area (Å²) < 4.78 is 0. The van der Waals surface area contributed by atoms with Crippen LogP contribution in [0.25, 0.3) is 0 Å². The molecule has 1 rings (SSSR count). The number of allylic oxidation sites excluding steroid dienone is 5. The summed E-state index contributed by atoms with van der Waals surface area (Å²) in [6.07, 6.45) is 5.32. The smallest absolute Gasteiger partial charge is 0.130 e. The highest BCUT2D eigenvalue weighted by Crippen LogP contribution is 2.35. The zero-order valence-corrected chi connectivity index (χ0v) is 11.5. The molecule has 0 fully saturated rings. The van der Waals surface area contributed by atoms with Crippen LogP contribution >= 0.6 is 11.6 Å². The van der Waals surface area contributed by atoms with Gasteiger partial charge in [-0.05, 0) is 43.9 Å². The molecule has 4 heteroatoms. The molecule has 0 spiro atoms. The Morgan fingerprint density at radius 3 is 2.39 bits per heavy atom. The Hall–Kier alpha value is -1.71. The molecule has 0 saturated carbocycles. The molecule has 1 aliphatic rings. The van der Waals surface area contributed by atoms with Gasteiger partial charge in [0, 0.05) is 24.3 Å². The quantitative estimate of drug-likeness (QED) is 0.728. The number of hydrogen-bond donors (Lipinski definition) is 0. The number of rotatable bonds is 4. The molecule has 0 amide bonds. The standard InChI is InChI=1S/C14H16ClN3/c1-3-18(4-2)10-13-6-5-12(14(13)15)7-11(8-16)9-17/h7,10H,3-6H2,1-2H3/b13-10-. The first-order valence-electron chi connectivity index (χ1n) is 6.01. The molecule has 18 heavy (non-hydrogen) atoms. The molecule has 0 unspecified atom stereocenters. The molecule has 0 aromatic heterocycles. The van der Waals surface area contributed by atoms with E-state index < -0.39 is 0 Å². The third-order valence-corrected chi connectivity index (χ3v) is 3.42. The molecule has 94 valence electrons. The summed E-state index contributed by atoms with van der Waals surface area (Å²) in [5, 5.41) is 18.1. The van der Waals surface area contributed by atoms with Crippen molar-refractivity contribution in [2.45, 2.75) is 26.7 Å². The summed E-state index contributed by atoms with van der Waals surface area (Å²) in [5.74, 6) is 0. The lowest BCUT2D eigenvalue weighted by atomic mass is 10.1. The van der Waals surface area contributed by atoms with E-state index in [1.54, 1.807) is 6.08 Å². The maximum atomic E-state index is 8.73. The second kappa shape index (κ2) is 6.89. The summed E-state index contributed by atoms with van der Waals surface area (Å²) in [6, 6.07) is 3.71. The van der Waals surface area contributed by atoms with Crippen molar-refractivity contribution in [1.29, 1.82) is 10.5 Å². The molecular weight excluding hydrogens is 246 g/mol. The van der Waals surface area contributed by atoms with Crippen LogP contribution in [0.15, 0.2) is 34.0 Å². The predicted molar refractivity (Wildman–Crippen MR) is 72.4 cm³/mol. The van der Waals surface area contributed by atoms with Gasteiger partial charge >= 0.3 is 0 Å². The van der Waals surface area contributed by atoms with Crippen LogP contribution in [0.3, 0.4) is 0 Å². The molecule has 0 heterocycles. The molecule has 0 atom stereocenters. The largest absolute Gasteiger partial charge is 0.378 e. The molecule has 0 aromatic carbocycles. The van der Waals surface area contributed by atoms with Gasteiger partial charge in [-0.15, -0.1) is 0 Å². The second-order valence-corrected chi connectivity index (χ2v) is 4.37. The zero-order chi connectivity index (χ0) is 13.5. The van der Waals surface area contributed by atoms with Crippen molar-refractivity contribution in [3.63, 3.8) is 0 Å². The van der Waals surface area contributed by atoms with Gasteiger partial charge in [-0.2, -0.15) is 10.5 Å². The lowest BCUT2D eigenvalue weighted by molar-refractivity contribution is 0.415. The van der Waals surface area contributed by atoms with Crippen molar-refractivity contribution >= 4 is 11.6 Å². The predicted octanol–water partition coefficient (Wildman–Crippen LogP) is 3.47. The molecule has 0 radical (unpaired) electrons. The third kappa shape index (κ3) is 3.39. The van der Waals surface area contributed by atoms with Crippen LogP contribution in [0.5, 0.6) is 0 Å². The van der Waals surface area contributed by atoms with Crippen molar-refractivity contribution < 1.29 is 0 Å². The molecule has 0 aliphatic heterocycles. The van der Waals surface area contributed by atoms with Crippen molar-refractivity contribution in [3.8, 4) is 12.1 Å². The maximum absolute atomic E-state index is 8.73. The highest BCUT2D eigenvalue weighted by Gasteiger charge is 2.17. The maximum Gasteiger partial charge on any atom is 0.130 e. The van der Waals surface area contributed by atoms with E-state index in [0.717, 1.165) is 37.1 Å². The Morgan fingerprint density at radius 1 is 1.28 bits per heavy atom. The van der Waals surface area contributed by atoms with Crippen LogP contribution in [0.4, 0.5) is 0 Å². The van der Waals surface area contributed by atoms with Gasteiger partial charge in [-0.1, -0.05) is 11.6 Å². The molecule has 1 aliphatic carbocycles. The second-order valence-electron chi connectivity index (χ2n) is 4.00. The minimum Gasteiger partial charge on any atom is -0.378 e. The lowest BCUT2D eigenvalue weighted by Crippen LogP contribution is -2.16. The molecule has 0 N–H and O–H groups in total. The van der Waals surface area contributed by atoms with Crippen molar-refractivity contribution in [2.24, 2.45) is 0 Å². The average molecular weight is 262 g/mol. The first kappa shape index (κ1) is 14.4. The SMILES string of the molecule is CCN(/C=C1/CCC(C=C(C#N)C#N)=C1Cl)CC. The van der Waals surface area contributed by atoms with E-state index in [1.807, 2.05) is 12.1 Å². The van der Waals surface area contributed by atoms with Crippen LogP contribution in [0.2, 0.25) is 0 Å². The lowest BCUT2D eigenvalue weighted by Gasteiger charge is -2.16. The first-order valence-corrected chi connectivity index (χ1v) is 6.39. The Balaban J connectivity index is 2.99. The Morgan fingerprint density at radius 2 is 1.89 bits per heavy atom. The van der Waals surface area contributed by atoms with E-state index in [0.29, 0.717) is 5.03 Å². The summed E-state index contributed by atoms with van der Waals surface area (Å²) in [7, 11) is 0. The summed E-state index contributed by atoms with van der Waals surface area (Å²) >= 11 is 6.28.